The molecule has 1 aliphatic carbocycles. The lowest BCUT2D eigenvalue weighted by Crippen LogP contribution is -2.36. The minimum atomic E-state index is -0.0576. The van der Waals surface area contributed by atoms with Gasteiger partial charge in [0, 0.05) is 46.5 Å². The number of carbonyl (C=O) groups is 2. The molecule has 6 N–H and O–H groups in total. The molecule has 3 unspecified atom stereocenters. The number of fused-ring (bicyclic) bond motifs is 4. The molecule has 0 saturated carbocycles. The van der Waals surface area contributed by atoms with Crippen molar-refractivity contribution in [3.8, 4) is 22.8 Å². The van der Waals surface area contributed by atoms with Crippen LogP contribution in [0.1, 0.15) is 37.7 Å². The maximum absolute atomic E-state index is 12.3. The lowest BCUT2D eigenvalue weighted by molar-refractivity contribution is -0.121. The molecule has 2 aromatic rings. The number of hydrogen-bond acceptors (Lipinski definition) is 6. The van der Waals surface area contributed by atoms with Crippen LogP contribution in [-0.2, 0) is 11.3 Å². The van der Waals surface area contributed by atoms with Gasteiger partial charge in [-0.15, -0.1) is 0 Å². The summed E-state index contributed by atoms with van der Waals surface area (Å²) in [5, 5.41) is 22.2. The molecule has 3 aliphatic heterocycles. The molecule has 2 saturated heterocycles. The number of carbonyl (C=O) groups excluding carboxylic acids is 2. The van der Waals surface area contributed by atoms with E-state index < -0.39 is 0 Å². The minimum absolute atomic E-state index is 0.0576. The van der Waals surface area contributed by atoms with E-state index in [1.807, 2.05) is 48.2 Å². The predicted octanol–water partition coefficient (Wildman–Crippen LogP) is 5.49. The Morgan fingerprint density at radius 1 is 1.09 bits per heavy atom. The van der Waals surface area contributed by atoms with Crippen LogP contribution in [0.2, 0.25) is 5.02 Å². The van der Waals surface area contributed by atoms with E-state index in [4.69, 9.17) is 21.1 Å². The average molecular weight is 625 g/mol. The first-order valence-corrected chi connectivity index (χ1v) is 16.2. The van der Waals surface area contributed by atoms with E-state index in [2.05, 4.69) is 37.5 Å². The topological polar surface area (TPSA) is 132 Å². The average Bonchev–Trinajstić information content (AvgIpc) is 3.76. The molecule has 2 aromatic carbocycles. The predicted molar refractivity (Wildman–Crippen MR) is 172 cm³/mol. The first-order chi connectivity index (χ1) is 21.0. The third-order valence-electron chi connectivity index (χ3n) is 8.15. The van der Waals surface area contributed by atoms with Gasteiger partial charge in [0.2, 0.25) is 5.91 Å². The molecule has 228 valence electrons. The largest absolute Gasteiger partial charge is 0.493 e. The number of anilines is 1. The number of unbranched alkanes of at least 4 members (excludes halogenated alkanes) is 1. The van der Waals surface area contributed by atoms with Gasteiger partial charge in [-0.1, -0.05) is 36.2 Å². The summed E-state index contributed by atoms with van der Waals surface area (Å²) in [6.45, 7) is 1.60. The number of urea groups is 1. The van der Waals surface area contributed by atoms with Gasteiger partial charge in [0.25, 0.3) is 0 Å². The first kappa shape index (κ1) is 29.4. The number of nitrogens with one attached hydrogen (secondary N) is 6. The van der Waals surface area contributed by atoms with Crippen LogP contribution in [0.4, 0.5) is 10.6 Å². The highest BCUT2D eigenvalue weighted by Crippen LogP contribution is 2.42. The zero-order valence-electron chi connectivity index (χ0n) is 24.1. The number of amides is 3. The molecule has 0 radical (unpaired) electrons. The summed E-state index contributed by atoms with van der Waals surface area (Å²) >= 11 is 8.23. The quantitative estimate of drug-likeness (QED) is 0.0813. The fourth-order valence-corrected chi connectivity index (χ4v) is 7.64. The summed E-state index contributed by atoms with van der Waals surface area (Å²) in [5.74, 6) is 3.23. The molecule has 6 rings (SSSR count). The maximum Gasteiger partial charge on any atom is 0.315 e. The Bertz CT molecular complexity index is 1560. The second-order valence-corrected chi connectivity index (χ2v) is 12.7. The fourth-order valence-electron chi connectivity index (χ4n) is 5.89. The second kappa shape index (κ2) is 13.3. The van der Waals surface area contributed by atoms with E-state index in [0.717, 1.165) is 63.4 Å². The van der Waals surface area contributed by atoms with Crippen molar-refractivity contribution in [2.75, 3.05) is 31.3 Å². The Labute approximate surface area is 259 Å². The number of H-pyrrole nitrogens is 2. The number of benzene rings is 2. The van der Waals surface area contributed by atoms with Crippen molar-refractivity contribution in [1.29, 1.82) is 0 Å². The van der Waals surface area contributed by atoms with Crippen LogP contribution in [0.25, 0.3) is 22.0 Å². The van der Waals surface area contributed by atoms with Crippen molar-refractivity contribution in [3.05, 3.63) is 53.1 Å². The van der Waals surface area contributed by atoms with E-state index >= 15 is 0 Å². The molecule has 0 spiro atoms. The number of hydrogen-bond donors (Lipinski definition) is 6. The third-order valence-corrected chi connectivity index (χ3v) is 10.0. The summed E-state index contributed by atoms with van der Waals surface area (Å²) < 4.78 is 11.7. The van der Waals surface area contributed by atoms with Gasteiger partial charge in [0.15, 0.2) is 11.5 Å². The van der Waals surface area contributed by atoms with Gasteiger partial charge in [0.05, 0.1) is 31.5 Å². The molecule has 3 amide bonds. The number of aromatic nitrogens is 2. The zero-order valence-corrected chi connectivity index (χ0v) is 25.6. The molecule has 0 bridgehead atoms. The van der Waals surface area contributed by atoms with Gasteiger partial charge < -0.3 is 30.7 Å². The fraction of sp³-hybridized carbons (Fsp3) is 0.419. The minimum Gasteiger partial charge on any atom is -0.493 e. The van der Waals surface area contributed by atoms with Gasteiger partial charge in [-0.25, -0.2) is 4.79 Å². The molecule has 43 heavy (non-hydrogen) atoms. The standard InChI is InChI=1S/C31H37ClN6O4S/c1-41-24-14-19-13-21-28(37-38-30(21)34-16-18-7-2-3-8-22(18)32)20(19)15-25(24)42-12-6-11-33-27(39)10-5-4-9-26-29-23(17-43-26)35-31(40)36-29/h2-3,7-8,13-15,23,26,29,34,37-38H,4-6,9-12,16-17H2,1H3,(H,33,39)(H2,35,36,40). The van der Waals surface area contributed by atoms with Crippen molar-refractivity contribution in [1.82, 2.24) is 26.1 Å². The number of rotatable bonds is 14. The Balaban J connectivity index is 0.942. The van der Waals surface area contributed by atoms with Crippen molar-refractivity contribution in [2.24, 2.45) is 0 Å². The van der Waals surface area contributed by atoms with Crippen LogP contribution in [0, 0.1) is 0 Å². The molecule has 12 heteroatoms. The van der Waals surface area contributed by atoms with Crippen molar-refractivity contribution in [3.63, 3.8) is 0 Å². The SMILES string of the molecule is COc1cc2cc3c(NCc4ccccc4Cl)[nH][nH]c-3c2cc1OCCCNC(=O)CCCCC1SCC2NC(=O)NC21. The van der Waals surface area contributed by atoms with Crippen molar-refractivity contribution in [2.45, 2.75) is 56.0 Å². The van der Waals surface area contributed by atoms with E-state index in [1.54, 1.807) is 7.11 Å². The van der Waals surface area contributed by atoms with Gasteiger partial charge in [0.1, 0.15) is 5.82 Å². The number of aromatic amines is 2. The highest BCUT2D eigenvalue weighted by atomic mass is 35.5. The van der Waals surface area contributed by atoms with Gasteiger partial charge in [-0.2, -0.15) is 11.8 Å². The molecular weight excluding hydrogens is 588 g/mol. The lowest BCUT2D eigenvalue weighted by atomic mass is 10.0. The summed E-state index contributed by atoms with van der Waals surface area (Å²) in [4.78, 5) is 23.9. The maximum atomic E-state index is 12.3. The summed E-state index contributed by atoms with van der Waals surface area (Å²) in [7, 11) is 1.64. The highest BCUT2D eigenvalue weighted by molar-refractivity contribution is 8.00. The molecule has 4 aliphatic rings. The van der Waals surface area contributed by atoms with Crippen LogP contribution in [0.3, 0.4) is 0 Å². The van der Waals surface area contributed by atoms with E-state index in [-0.39, 0.29) is 24.0 Å². The molecule has 10 nitrogen and oxygen atoms in total. The molecule has 3 atom stereocenters. The molecule has 0 aromatic heterocycles. The smallest absolute Gasteiger partial charge is 0.315 e. The van der Waals surface area contributed by atoms with Crippen LogP contribution >= 0.6 is 23.4 Å². The molecule has 3 heterocycles. The Hall–Kier alpha value is -3.70. The normalized spacial score (nSPS) is 19.3. The van der Waals surface area contributed by atoms with Crippen molar-refractivity contribution >= 4 is 51.9 Å². The Morgan fingerprint density at radius 2 is 1.98 bits per heavy atom. The molecule has 2 fully saturated rings. The van der Waals surface area contributed by atoms with Gasteiger partial charge in [-0.3, -0.25) is 15.0 Å². The molecular formula is C31H37ClN6O4S. The summed E-state index contributed by atoms with van der Waals surface area (Å²) in [5.41, 5.74) is 3.04. The van der Waals surface area contributed by atoms with Crippen molar-refractivity contribution < 1.29 is 19.1 Å². The number of halogens is 1. The van der Waals surface area contributed by atoms with Gasteiger partial charge >= 0.3 is 6.03 Å². The summed E-state index contributed by atoms with van der Waals surface area (Å²) in [6, 6.07) is 14.3. The lowest BCUT2D eigenvalue weighted by Gasteiger charge is -2.16. The highest BCUT2D eigenvalue weighted by Gasteiger charge is 2.42. The van der Waals surface area contributed by atoms with E-state index in [9.17, 15) is 9.59 Å². The van der Waals surface area contributed by atoms with E-state index in [0.29, 0.717) is 49.3 Å². The third kappa shape index (κ3) is 6.62. The van der Waals surface area contributed by atoms with Crippen LogP contribution in [-0.4, -0.2) is 65.5 Å². The van der Waals surface area contributed by atoms with Crippen LogP contribution in [0.15, 0.2) is 42.5 Å². The van der Waals surface area contributed by atoms with Crippen LogP contribution in [0.5, 0.6) is 11.5 Å². The number of ether oxygens (including phenoxy) is 2. The number of methoxy groups -OCH3 is 1. The first-order valence-electron chi connectivity index (χ1n) is 14.8. The number of thioether (sulfide) groups is 1. The summed E-state index contributed by atoms with van der Waals surface area (Å²) in [6.07, 6.45) is 4.03. The Morgan fingerprint density at radius 3 is 2.84 bits per heavy atom. The monoisotopic (exact) mass is 624 g/mol. The Kier molecular flexibility index (Phi) is 9.08. The van der Waals surface area contributed by atoms with Gasteiger partial charge in [-0.05, 0) is 54.5 Å². The van der Waals surface area contributed by atoms with Crippen LogP contribution < -0.4 is 30.7 Å². The van der Waals surface area contributed by atoms with E-state index in [1.165, 1.54) is 0 Å². The second-order valence-electron chi connectivity index (χ2n) is 11.0. The zero-order chi connectivity index (χ0) is 29.8.